The zero-order valence-corrected chi connectivity index (χ0v) is 38.2. The molecule has 55 heavy (non-hydrogen) atoms. The van der Waals surface area contributed by atoms with Gasteiger partial charge in [-0.2, -0.15) is 11.8 Å². The van der Waals surface area contributed by atoms with Crippen LogP contribution in [0.25, 0.3) is 0 Å². The van der Waals surface area contributed by atoms with Gasteiger partial charge in [0.15, 0.2) is 0 Å². The molecular weight excluding hydrogens is 762 g/mol. The Kier molecular flexibility index (Phi) is 32.3. The maximum Gasteiger partial charge on any atom is 0.265 e. The van der Waals surface area contributed by atoms with Crippen LogP contribution in [0.2, 0.25) is 0 Å². The highest BCUT2D eigenvalue weighted by molar-refractivity contribution is 7.99. The Hall–Kier alpha value is -0.370. The smallest absolute Gasteiger partial charge is 0.265 e. The zero-order valence-electron chi connectivity index (χ0n) is 35.6. The van der Waals surface area contributed by atoms with E-state index in [1.54, 1.807) is 0 Å². The molecule has 2 N–H and O–H groups in total. The molecule has 4 atom stereocenters. The van der Waals surface area contributed by atoms with Crippen molar-refractivity contribution in [1.82, 2.24) is 0 Å². The summed E-state index contributed by atoms with van der Waals surface area (Å²) in [4.78, 5) is 39.3. The van der Waals surface area contributed by atoms with E-state index in [-0.39, 0.29) is 12.7 Å². The van der Waals surface area contributed by atoms with Gasteiger partial charge in [0.05, 0.1) is 55.0 Å². The van der Waals surface area contributed by atoms with Crippen LogP contribution in [0.15, 0.2) is 30.3 Å². The summed E-state index contributed by atoms with van der Waals surface area (Å²) in [7, 11) is 2.35. The van der Waals surface area contributed by atoms with Crippen LogP contribution in [0.1, 0.15) is 122 Å². The van der Waals surface area contributed by atoms with Crippen molar-refractivity contribution in [3.8, 4) is 0 Å². The number of benzene rings is 1. The fraction of sp³-hybridized carbons (Fsp3) is 0.850. The highest BCUT2D eigenvalue weighted by Crippen LogP contribution is 2.35. The van der Waals surface area contributed by atoms with E-state index >= 15 is 0 Å². The fourth-order valence-corrected chi connectivity index (χ4v) is 7.70. The van der Waals surface area contributed by atoms with E-state index in [4.69, 9.17) is 18.9 Å². The lowest BCUT2D eigenvalue weighted by Gasteiger charge is -2.33. The van der Waals surface area contributed by atoms with E-state index in [9.17, 15) is 23.8 Å². The van der Waals surface area contributed by atoms with E-state index in [1.807, 2.05) is 72.2 Å². The molecule has 0 heterocycles. The number of nitrogens with zero attached hydrogens (tertiary/aromatic N) is 2. The first-order valence-corrected chi connectivity index (χ1v) is 24.8. The Labute approximate surface area is 340 Å². The van der Waals surface area contributed by atoms with Crippen LogP contribution in [-0.2, 0) is 34.3 Å². The largest absolute Gasteiger partial charge is 0.756 e. The minimum absolute atomic E-state index is 0.0147. The second-order valence-electron chi connectivity index (χ2n) is 16.6. The summed E-state index contributed by atoms with van der Waals surface area (Å²) in [6, 6.07) is 10.3. The molecule has 0 aliphatic heterocycles. The SMILES string of the molecule is CCCCCCCCCCCCSCC(CC(C[N+](C)(C)C)OP(=O)([O-])O)OCCCCCCCCOCc1ccccc1.C[N+](C)(C)CCOP(=O)([O-])O. The Morgan fingerprint density at radius 2 is 1.20 bits per heavy atom. The predicted molar refractivity (Wildman–Crippen MR) is 224 cm³/mol. The lowest BCUT2D eigenvalue weighted by molar-refractivity contribution is -0.873. The van der Waals surface area contributed by atoms with E-state index in [1.165, 1.54) is 89.0 Å². The van der Waals surface area contributed by atoms with Crippen molar-refractivity contribution in [2.75, 3.05) is 86.7 Å². The Morgan fingerprint density at radius 3 is 1.71 bits per heavy atom. The molecule has 0 aliphatic carbocycles. The monoisotopic (exact) mass is 843 g/mol. The first-order chi connectivity index (χ1) is 25.8. The molecule has 0 spiro atoms. The van der Waals surface area contributed by atoms with E-state index in [0.29, 0.717) is 41.7 Å². The van der Waals surface area contributed by atoms with Crippen molar-refractivity contribution in [2.24, 2.45) is 0 Å². The van der Waals surface area contributed by atoms with Crippen molar-refractivity contribution in [3.63, 3.8) is 0 Å². The van der Waals surface area contributed by atoms with Gasteiger partial charge in [0.25, 0.3) is 15.6 Å². The maximum atomic E-state index is 11.6. The van der Waals surface area contributed by atoms with Crippen LogP contribution in [0.4, 0.5) is 0 Å². The van der Waals surface area contributed by atoms with Gasteiger partial charge >= 0.3 is 0 Å². The normalized spacial score (nSPS) is 15.5. The molecule has 4 unspecified atom stereocenters. The van der Waals surface area contributed by atoms with Crippen LogP contribution in [0, 0.1) is 0 Å². The number of rotatable bonds is 35. The van der Waals surface area contributed by atoms with Gasteiger partial charge in [0, 0.05) is 25.4 Å². The number of unbranched alkanes of at least 4 members (excludes halogenated alkanes) is 14. The summed E-state index contributed by atoms with van der Waals surface area (Å²) >= 11 is 1.89. The summed E-state index contributed by atoms with van der Waals surface area (Å²) in [5, 5.41) is 0. The summed E-state index contributed by atoms with van der Waals surface area (Å²) < 4.78 is 44.2. The number of hydrogen-bond donors (Lipinski definition) is 2. The molecule has 12 nitrogen and oxygen atoms in total. The van der Waals surface area contributed by atoms with Gasteiger partial charge in [-0.05, 0) is 30.6 Å². The third kappa shape index (κ3) is 43.0. The van der Waals surface area contributed by atoms with E-state index < -0.39 is 21.7 Å². The van der Waals surface area contributed by atoms with Gasteiger partial charge in [0.2, 0.25) is 0 Å². The zero-order chi connectivity index (χ0) is 41.5. The first-order valence-electron chi connectivity index (χ1n) is 20.6. The van der Waals surface area contributed by atoms with Gasteiger partial charge in [-0.3, -0.25) is 9.13 Å². The second-order valence-corrected chi connectivity index (χ2v) is 20.1. The highest BCUT2D eigenvalue weighted by Gasteiger charge is 2.26. The lowest BCUT2D eigenvalue weighted by Crippen LogP contribution is -2.44. The lowest BCUT2D eigenvalue weighted by atomic mass is 10.1. The number of phosphoric acid groups is 2. The maximum absolute atomic E-state index is 11.6. The number of ether oxygens (including phenoxy) is 2. The molecule has 326 valence electrons. The Bertz CT molecular complexity index is 1110. The Balaban J connectivity index is 0.00000228. The van der Waals surface area contributed by atoms with Gasteiger partial charge < -0.3 is 47.1 Å². The van der Waals surface area contributed by atoms with E-state index in [0.717, 1.165) is 37.4 Å². The fourth-order valence-electron chi connectivity index (χ4n) is 5.79. The number of likely N-dealkylation sites (N-methyl/N-ethyl adjacent to an activating group) is 2. The molecule has 1 rings (SSSR count). The molecule has 0 bridgehead atoms. The average molecular weight is 843 g/mol. The van der Waals surface area contributed by atoms with E-state index in [2.05, 4.69) is 23.6 Å². The molecule has 0 fully saturated rings. The summed E-state index contributed by atoms with van der Waals surface area (Å²) in [6.45, 7) is 5.44. The van der Waals surface area contributed by atoms with Crippen molar-refractivity contribution in [2.45, 2.75) is 135 Å². The third-order valence-corrected chi connectivity index (χ3v) is 10.9. The molecule has 0 saturated carbocycles. The molecule has 0 saturated heterocycles. The number of quaternary nitrogens is 2. The van der Waals surface area contributed by atoms with Crippen molar-refractivity contribution in [3.05, 3.63) is 35.9 Å². The predicted octanol–water partition coefficient (Wildman–Crippen LogP) is 7.70. The van der Waals surface area contributed by atoms with Gasteiger partial charge in [-0.15, -0.1) is 0 Å². The van der Waals surface area contributed by atoms with Crippen LogP contribution >= 0.6 is 27.4 Å². The van der Waals surface area contributed by atoms with Gasteiger partial charge in [-0.1, -0.05) is 121 Å². The van der Waals surface area contributed by atoms with Crippen molar-refractivity contribution >= 4 is 27.4 Å². The summed E-state index contributed by atoms with van der Waals surface area (Å²) in [5.41, 5.74) is 1.22. The summed E-state index contributed by atoms with van der Waals surface area (Å²) in [6.07, 6.45) is 19.8. The van der Waals surface area contributed by atoms with Gasteiger partial charge in [0.1, 0.15) is 25.8 Å². The summed E-state index contributed by atoms with van der Waals surface area (Å²) in [5.74, 6) is 1.90. The number of hydrogen-bond acceptors (Lipinski definition) is 9. The quantitative estimate of drug-likeness (QED) is 0.0392. The molecule has 0 aliphatic rings. The van der Waals surface area contributed by atoms with Crippen molar-refractivity contribution in [1.29, 1.82) is 0 Å². The molecule has 15 heteroatoms. The number of phosphoric ester groups is 2. The van der Waals surface area contributed by atoms with Crippen LogP contribution in [0.3, 0.4) is 0 Å². The molecule has 1 aromatic rings. The molecular formula is C40H80N2O10P2S. The topological polar surface area (TPSA) is 158 Å². The minimum atomic E-state index is -4.82. The molecule has 0 radical (unpaired) electrons. The first kappa shape index (κ1) is 54.6. The highest BCUT2D eigenvalue weighted by atomic mass is 32.2. The third-order valence-electron chi connectivity index (χ3n) is 8.67. The average Bonchev–Trinajstić information content (AvgIpc) is 3.05. The van der Waals surface area contributed by atoms with Gasteiger partial charge in [-0.25, -0.2) is 0 Å². The minimum Gasteiger partial charge on any atom is -0.756 e. The van der Waals surface area contributed by atoms with Crippen LogP contribution in [-0.4, -0.2) is 118 Å². The molecule has 1 aromatic carbocycles. The molecule has 0 aromatic heterocycles. The van der Waals surface area contributed by atoms with Crippen LogP contribution < -0.4 is 9.79 Å². The standard InChI is InChI=1S/C35H66NO6PS.C5H14NO4P/c1-5-6-7-8-9-10-11-14-17-23-28-44-32-35(29-34(30-36(2,3)4)42-43(37,38)39)41-27-22-16-13-12-15-21-26-40-31-33-24-19-18-20-25-33;1-6(2,3)4-5-10-11(7,8)9/h18-20,24-25,34-35H,5-17,21-23,26-32H2,1-4H3,(H-,37,38,39);4-5H2,1-3H3,(H-,7,8,9). The molecule has 0 amide bonds. The van der Waals surface area contributed by atoms with Crippen molar-refractivity contribution < 1.29 is 56.2 Å². The van der Waals surface area contributed by atoms with Crippen LogP contribution in [0.5, 0.6) is 0 Å². The second kappa shape index (κ2) is 32.5. The Morgan fingerprint density at radius 1 is 0.673 bits per heavy atom. The number of thioether (sulfide) groups is 1.